The fraction of sp³-hybridized carbons (Fsp3) is 0.583. The van der Waals surface area contributed by atoms with Crippen molar-refractivity contribution in [1.82, 2.24) is 15.2 Å². The van der Waals surface area contributed by atoms with Crippen molar-refractivity contribution in [3.05, 3.63) is 29.8 Å². The molecule has 0 bridgehead atoms. The minimum atomic E-state index is -0.300. The van der Waals surface area contributed by atoms with Crippen LogP contribution in [0.4, 0.5) is 4.39 Å². The molecule has 0 fully saturated rings. The summed E-state index contributed by atoms with van der Waals surface area (Å²) in [6.07, 6.45) is 2.86. The average Bonchev–Trinajstić information content (AvgIpc) is 2.27. The number of likely N-dealkylation sites (N-methyl/N-ethyl adjacent to an activating group) is 1. The van der Waals surface area contributed by atoms with Crippen LogP contribution in [0.25, 0.3) is 0 Å². The maximum Gasteiger partial charge on any atom is 0.141 e. The molecule has 0 atom stereocenters. The number of nitrogens with one attached hydrogen (secondary N) is 1. The Morgan fingerprint density at radius 3 is 2.88 bits per heavy atom. The zero-order valence-electron chi connectivity index (χ0n) is 10.4. The summed E-state index contributed by atoms with van der Waals surface area (Å²) >= 11 is 0. The van der Waals surface area contributed by atoms with Crippen molar-refractivity contribution in [2.75, 3.05) is 40.4 Å². The topological polar surface area (TPSA) is 37.4 Å². The van der Waals surface area contributed by atoms with Gasteiger partial charge in [-0.05, 0) is 25.7 Å². The molecule has 0 saturated carbocycles. The van der Waals surface area contributed by atoms with Gasteiger partial charge >= 0.3 is 0 Å². The van der Waals surface area contributed by atoms with Gasteiger partial charge < -0.3 is 15.0 Å². The van der Waals surface area contributed by atoms with Gasteiger partial charge in [0.2, 0.25) is 0 Å². The lowest BCUT2D eigenvalue weighted by Gasteiger charge is -2.10. The molecule has 1 heterocycles. The Bertz CT molecular complexity index is 320. The molecule has 0 aliphatic carbocycles. The zero-order chi connectivity index (χ0) is 12.5. The second-order valence-corrected chi connectivity index (χ2v) is 4.10. The van der Waals surface area contributed by atoms with Gasteiger partial charge in [0.05, 0.1) is 19.4 Å². The van der Waals surface area contributed by atoms with Crippen LogP contribution in [0, 0.1) is 5.82 Å². The summed E-state index contributed by atoms with van der Waals surface area (Å²) in [6.45, 7) is 3.69. The van der Waals surface area contributed by atoms with Crippen LogP contribution in [-0.2, 0) is 11.3 Å². The van der Waals surface area contributed by atoms with E-state index in [1.807, 2.05) is 14.1 Å². The molecule has 0 radical (unpaired) electrons. The fourth-order valence-corrected chi connectivity index (χ4v) is 1.28. The largest absolute Gasteiger partial charge is 0.379 e. The quantitative estimate of drug-likeness (QED) is 0.686. The number of aromatic nitrogens is 1. The summed E-state index contributed by atoms with van der Waals surface area (Å²) in [6, 6.07) is 1.48. The molecule has 5 heteroatoms. The SMILES string of the molecule is CN(C)CCOCCNCc1cncc(F)c1. The third-order valence-corrected chi connectivity index (χ3v) is 2.20. The Hall–Kier alpha value is -1.04. The molecule has 0 saturated heterocycles. The number of pyridine rings is 1. The van der Waals surface area contributed by atoms with Gasteiger partial charge in [-0.3, -0.25) is 4.98 Å². The van der Waals surface area contributed by atoms with E-state index in [9.17, 15) is 4.39 Å². The van der Waals surface area contributed by atoms with Crippen LogP contribution in [0.2, 0.25) is 0 Å². The first-order valence-electron chi connectivity index (χ1n) is 5.71. The molecule has 0 spiro atoms. The molecule has 96 valence electrons. The van der Waals surface area contributed by atoms with Gasteiger partial charge in [0.15, 0.2) is 0 Å². The van der Waals surface area contributed by atoms with E-state index in [0.29, 0.717) is 13.2 Å². The third kappa shape index (κ3) is 6.99. The van der Waals surface area contributed by atoms with E-state index in [1.54, 1.807) is 6.20 Å². The first-order chi connectivity index (χ1) is 8.18. The Balaban J connectivity index is 2.01. The molecule has 1 aromatic rings. The summed E-state index contributed by atoms with van der Waals surface area (Å²) in [5.41, 5.74) is 0.846. The van der Waals surface area contributed by atoms with E-state index in [-0.39, 0.29) is 5.82 Å². The standard InChI is InChI=1S/C12H20FN3O/c1-16(2)4-6-17-5-3-14-8-11-7-12(13)10-15-9-11/h7,9-10,14H,3-6,8H2,1-2H3. The maximum absolute atomic E-state index is 12.8. The number of ether oxygens (including phenoxy) is 1. The fourth-order valence-electron chi connectivity index (χ4n) is 1.28. The minimum Gasteiger partial charge on any atom is -0.379 e. The first-order valence-corrected chi connectivity index (χ1v) is 5.71. The van der Waals surface area contributed by atoms with Gasteiger partial charge in [-0.1, -0.05) is 0 Å². The molecule has 1 N–H and O–H groups in total. The van der Waals surface area contributed by atoms with Crippen molar-refractivity contribution in [1.29, 1.82) is 0 Å². The number of nitrogens with zero attached hydrogens (tertiary/aromatic N) is 2. The molecule has 17 heavy (non-hydrogen) atoms. The van der Waals surface area contributed by atoms with Crippen molar-refractivity contribution < 1.29 is 9.13 Å². The number of hydrogen-bond donors (Lipinski definition) is 1. The van der Waals surface area contributed by atoms with Crippen molar-refractivity contribution in [3.63, 3.8) is 0 Å². The summed E-state index contributed by atoms with van der Waals surface area (Å²) in [7, 11) is 4.02. The second-order valence-electron chi connectivity index (χ2n) is 4.10. The van der Waals surface area contributed by atoms with Crippen LogP contribution < -0.4 is 5.32 Å². The van der Waals surface area contributed by atoms with Gasteiger partial charge in [0.25, 0.3) is 0 Å². The normalized spacial score (nSPS) is 11.1. The summed E-state index contributed by atoms with van der Waals surface area (Å²) in [5, 5.41) is 3.17. The van der Waals surface area contributed by atoms with Crippen molar-refractivity contribution in [2.24, 2.45) is 0 Å². The molecule has 0 unspecified atom stereocenters. The van der Waals surface area contributed by atoms with E-state index in [0.717, 1.165) is 25.3 Å². The van der Waals surface area contributed by atoms with E-state index in [1.165, 1.54) is 12.3 Å². The number of hydrogen-bond acceptors (Lipinski definition) is 4. The second kappa shape index (κ2) is 8.11. The lowest BCUT2D eigenvalue weighted by atomic mass is 10.3. The minimum absolute atomic E-state index is 0.300. The predicted octanol–water partition coefficient (Wildman–Crippen LogP) is 0.888. The highest BCUT2D eigenvalue weighted by Crippen LogP contribution is 1.99. The Morgan fingerprint density at radius 2 is 2.18 bits per heavy atom. The number of rotatable bonds is 8. The molecule has 0 aliphatic rings. The van der Waals surface area contributed by atoms with E-state index >= 15 is 0 Å². The smallest absolute Gasteiger partial charge is 0.141 e. The molecule has 1 aromatic heterocycles. The van der Waals surface area contributed by atoms with Crippen LogP contribution in [0.15, 0.2) is 18.5 Å². The van der Waals surface area contributed by atoms with Crippen molar-refractivity contribution in [3.8, 4) is 0 Å². The molecule has 1 rings (SSSR count). The van der Waals surface area contributed by atoms with Gasteiger partial charge in [0.1, 0.15) is 5.82 Å². The van der Waals surface area contributed by atoms with Crippen molar-refractivity contribution in [2.45, 2.75) is 6.54 Å². The van der Waals surface area contributed by atoms with Gasteiger partial charge in [-0.25, -0.2) is 4.39 Å². The monoisotopic (exact) mass is 241 g/mol. The highest BCUT2D eigenvalue weighted by molar-refractivity contribution is 5.09. The summed E-state index contributed by atoms with van der Waals surface area (Å²) in [5.74, 6) is -0.300. The van der Waals surface area contributed by atoms with Crippen LogP contribution >= 0.6 is 0 Å². The molecular formula is C12H20FN3O. The average molecular weight is 241 g/mol. The van der Waals surface area contributed by atoms with Gasteiger partial charge in [-0.15, -0.1) is 0 Å². The van der Waals surface area contributed by atoms with Gasteiger partial charge in [0, 0.05) is 25.8 Å². The van der Waals surface area contributed by atoms with E-state index in [4.69, 9.17) is 4.74 Å². The van der Waals surface area contributed by atoms with Crippen molar-refractivity contribution >= 4 is 0 Å². The molecular weight excluding hydrogens is 221 g/mol. The van der Waals surface area contributed by atoms with E-state index in [2.05, 4.69) is 15.2 Å². The first kappa shape index (κ1) is 14.0. The Labute approximate surface area is 102 Å². The lowest BCUT2D eigenvalue weighted by molar-refractivity contribution is 0.119. The molecule has 0 amide bonds. The van der Waals surface area contributed by atoms with Crippen LogP contribution in [0.5, 0.6) is 0 Å². The Morgan fingerprint density at radius 1 is 1.35 bits per heavy atom. The summed E-state index contributed by atoms with van der Waals surface area (Å²) < 4.78 is 18.2. The molecule has 0 aromatic carbocycles. The van der Waals surface area contributed by atoms with E-state index < -0.39 is 0 Å². The highest BCUT2D eigenvalue weighted by Gasteiger charge is 1.96. The maximum atomic E-state index is 12.8. The number of halogens is 1. The highest BCUT2D eigenvalue weighted by atomic mass is 19.1. The van der Waals surface area contributed by atoms with Crippen LogP contribution in [0.1, 0.15) is 5.56 Å². The zero-order valence-corrected chi connectivity index (χ0v) is 10.4. The van der Waals surface area contributed by atoms with Crippen LogP contribution in [-0.4, -0.2) is 50.3 Å². The molecule has 4 nitrogen and oxygen atoms in total. The van der Waals surface area contributed by atoms with Crippen LogP contribution in [0.3, 0.4) is 0 Å². The third-order valence-electron chi connectivity index (χ3n) is 2.20. The van der Waals surface area contributed by atoms with Gasteiger partial charge in [-0.2, -0.15) is 0 Å². The predicted molar refractivity (Wildman–Crippen MR) is 65.3 cm³/mol. The Kier molecular flexibility index (Phi) is 6.69. The lowest BCUT2D eigenvalue weighted by Crippen LogP contribution is -2.23. The molecule has 0 aliphatic heterocycles. The summed E-state index contributed by atoms with van der Waals surface area (Å²) in [4.78, 5) is 5.86.